The first-order valence-corrected chi connectivity index (χ1v) is 7.59. The van der Waals surface area contributed by atoms with E-state index >= 15 is 0 Å². The molecule has 0 bridgehead atoms. The molecule has 1 aromatic heterocycles. The summed E-state index contributed by atoms with van der Waals surface area (Å²) in [5, 5.41) is 12.4. The fraction of sp³-hybridized carbons (Fsp3) is 0.600. The average Bonchev–Trinajstić information content (AvgIpc) is 3.14. The first kappa shape index (κ1) is 14.5. The summed E-state index contributed by atoms with van der Waals surface area (Å²) in [5.74, 6) is -0.271. The zero-order valence-electron chi connectivity index (χ0n) is 13.3. The first-order chi connectivity index (χ1) is 10.9. The molecule has 1 saturated heterocycles. The Kier molecular flexibility index (Phi) is 2.83. The van der Waals surface area contributed by atoms with Crippen LogP contribution in [0.5, 0.6) is 5.75 Å². The van der Waals surface area contributed by atoms with Crippen LogP contribution in [-0.2, 0) is 4.74 Å². The summed E-state index contributed by atoms with van der Waals surface area (Å²) in [6.45, 7) is 2.88. The number of hydrogen-bond donors (Lipinski definition) is 1. The molecule has 1 aromatic rings. The van der Waals surface area contributed by atoms with Gasteiger partial charge in [0.2, 0.25) is 5.43 Å². The van der Waals surface area contributed by atoms with Gasteiger partial charge in [0.15, 0.2) is 17.1 Å². The van der Waals surface area contributed by atoms with E-state index in [0.29, 0.717) is 37.4 Å². The number of methoxy groups -OCH3 is 1. The Morgan fingerprint density at radius 3 is 2.74 bits per heavy atom. The number of aliphatic hydroxyl groups is 1. The number of likely N-dealkylation sites (N-methyl/N-ethyl adjacent to an activating group) is 1. The first-order valence-electron chi connectivity index (χ1n) is 7.59. The van der Waals surface area contributed by atoms with Crippen molar-refractivity contribution >= 4 is 5.91 Å². The number of amides is 1. The SMILES string of the molecule is COc1c2n3c(c(C)c1=O)C(O)CN3C1(CCOC1)N(C)C2=O. The Morgan fingerprint density at radius 2 is 2.13 bits per heavy atom. The minimum Gasteiger partial charge on any atom is -0.491 e. The van der Waals surface area contributed by atoms with E-state index in [9.17, 15) is 14.7 Å². The van der Waals surface area contributed by atoms with Crippen molar-refractivity contribution < 1.29 is 19.4 Å². The number of aliphatic hydroxyl groups excluding tert-OH is 1. The van der Waals surface area contributed by atoms with Crippen molar-refractivity contribution in [1.82, 2.24) is 9.58 Å². The molecule has 0 aliphatic carbocycles. The predicted octanol–water partition coefficient (Wildman–Crippen LogP) is -0.647. The van der Waals surface area contributed by atoms with Crippen LogP contribution >= 0.6 is 0 Å². The molecule has 2 unspecified atom stereocenters. The molecule has 4 heterocycles. The Bertz CT molecular complexity index is 765. The summed E-state index contributed by atoms with van der Waals surface area (Å²) in [6, 6.07) is 0. The van der Waals surface area contributed by atoms with E-state index < -0.39 is 11.8 Å². The molecule has 124 valence electrons. The number of rotatable bonds is 1. The van der Waals surface area contributed by atoms with Crippen LogP contribution in [0.2, 0.25) is 0 Å². The van der Waals surface area contributed by atoms with Gasteiger partial charge in [-0.2, -0.15) is 0 Å². The highest BCUT2D eigenvalue weighted by Gasteiger charge is 2.56. The Labute approximate surface area is 132 Å². The van der Waals surface area contributed by atoms with Crippen molar-refractivity contribution in [2.75, 3.05) is 38.9 Å². The standard InChI is InChI=1S/C15H19N3O5/c1-8-10-9(19)6-17-15(4-5-23-7-15)16(2)14(21)11(18(10)17)13(22-3)12(8)20/h9,19H,4-7H2,1-3H3. The van der Waals surface area contributed by atoms with E-state index in [2.05, 4.69) is 0 Å². The molecule has 8 heteroatoms. The van der Waals surface area contributed by atoms with Gasteiger partial charge in [0.05, 0.1) is 32.6 Å². The topological polar surface area (TPSA) is 84.2 Å². The van der Waals surface area contributed by atoms with Crippen LogP contribution in [0, 0.1) is 6.92 Å². The van der Waals surface area contributed by atoms with Gasteiger partial charge in [-0.15, -0.1) is 0 Å². The third-order valence-electron chi connectivity index (χ3n) is 5.29. The van der Waals surface area contributed by atoms with Crippen molar-refractivity contribution in [3.63, 3.8) is 0 Å². The van der Waals surface area contributed by atoms with Crippen LogP contribution < -0.4 is 15.2 Å². The lowest BCUT2D eigenvalue weighted by atomic mass is 10.0. The van der Waals surface area contributed by atoms with E-state index in [-0.39, 0.29) is 22.8 Å². The molecule has 0 saturated carbocycles. The molecule has 1 fully saturated rings. The van der Waals surface area contributed by atoms with Crippen LogP contribution in [0.1, 0.15) is 34.3 Å². The molecule has 3 aliphatic rings. The van der Waals surface area contributed by atoms with Gasteiger partial charge in [-0.25, -0.2) is 4.68 Å². The van der Waals surface area contributed by atoms with Crippen LogP contribution in [0.3, 0.4) is 0 Å². The molecule has 23 heavy (non-hydrogen) atoms. The van der Waals surface area contributed by atoms with Gasteiger partial charge in [-0.05, 0) is 6.92 Å². The summed E-state index contributed by atoms with van der Waals surface area (Å²) in [7, 11) is 3.08. The maximum atomic E-state index is 13.0. The molecule has 1 amide bonds. The fourth-order valence-corrected chi connectivity index (χ4v) is 4.01. The monoisotopic (exact) mass is 321 g/mol. The normalized spacial score (nSPS) is 28.7. The van der Waals surface area contributed by atoms with Crippen LogP contribution in [0.4, 0.5) is 0 Å². The lowest BCUT2D eigenvalue weighted by Crippen LogP contribution is -2.69. The summed E-state index contributed by atoms with van der Waals surface area (Å²) in [4.78, 5) is 27.1. The van der Waals surface area contributed by atoms with Crippen molar-refractivity contribution in [1.29, 1.82) is 0 Å². The molecule has 4 rings (SSSR count). The number of nitrogens with zero attached hydrogens (tertiary/aromatic N) is 3. The smallest absolute Gasteiger partial charge is 0.278 e. The maximum Gasteiger partial charge on any atom is 0.278 e. The highest BCUT2D eigenvalue weighted by Crippen LogP contribution is 2.41. The zero-order chi connectivity index (χ0) is 16.5. The lowest BCUT2D eigenvalue weighted by molar-refractivity contribution is 0.0311. The zero-order valence-corrected chi connectivity index (χ0v) is 13.3. The predicted molar refractivity (Wildman–Crippen MR) is 80.3 cm³/mol. The summed E-state index contributed by atoms with van der Waals surface area (Å²) in [5.41, 5.74) is 0.0678. The van der Waals surface area contributed by atoms with Crippen molar-refractivity contribution in [3.8, 4) is 5.75 Å². The van der Waals surface area contributed by atoms with Gasteiger partial charge < -0.3 is 19.5 Å². The maximum absolute atomic E-state index is 13.0. The van der Waals surface area contributed by atoms with Crippen LogP contribution in [0.25, 0.3) is 0 Å². The van der Waals surface area contributed by atoms with Gasteiger partial charge in [0.25, 0.3) is 5.91 Å². The minimum atomic E-state index is -0.830. The third-order valence-corrected chi connectivity index (χ3v) is 5.29. The van der Waals surface area contributed by atoms with E-state index in [1.807, 2.05) is 5.01 Å². The summed E-state index contributed by atoms with van der Waals surface area (Å²) >= 11 is 0. The molecule has 3 aliphatic heterocycles. The second-order valence-electron chi connectivity index (χ2n) is 6.28. The molecule has 1 N–H and O–H groups in total. The quantitative estimate of drug-likeness (QED) is 0.740. The number of fused-ring (bicyclic) bond motifs is 1. The number of hydrogen-bond acceptors (Lipinski definition) is 6. The number of carbonyl (C=O) groups is 1. The molecule has 1 spiro atoms. The lowest BCUT2D eigenvalue weighted by Gasteiger charge is -2.50. The summed E-state index contributed by atoms with van der Waals surface area (Å²) in [6.07, 6.45) is -0.182. The fourth-order valence-electron chi connectivity index (χ4n) is 4.01. The highest BCUT2D eigenvalue weighted by atomic mass is 16.5. The largest absolute Gasteiger partial charge is 0.491 e. The number of ether oxygens (including phenoxy) is 2. The second kappa shape index (κ2) is 4.48. The van der Waals surface area contributed by atoms with Crippen LogP contribution in [-0.4, -0.2) is 60.2 Å². The number of pyridine rings is 1. The van der Waals surface area contributed by atoms with E-state index in [4.69, 9.17) is 9.47 Å². The molecule has 8 nitrogen and oxygen atoms in total. The van der Waals surface area contributed by atoms with Crippen molar-refractivity contribution in [2.24, 2.45) is 0 Å². The second-order valence-corrected chi connectivity index (χ2v) is 6.28. The molecule has 0 aromatic carbocycles. The Balaban J connectivity index is 2.09. The minimum absolute atomic E-state index is 0.0240. The van der Waals surface area contributed by atoms with Gasteiger partial charge in [0, 0.05) is 19.0 Å². The van der Waals surface area contributed by atoms with Gasteiger partial charge in [-0.1, -0.05) is 0 Å². The molecular formula is C15H19N3O5. The van der Waals surface area contributed by atoms with Crippen molar-refractivity contribution in [3.05, 3.63) is 27.2 Å². The molecule has 2 atom stereocenters. The van der Waals surface area contributed by atoms with Crippen molar-refractivity contribution in [2.45, 2.75) is 25.1 Å². The van der Waals surface area contributed by atoms with E-state index in [1.54, 1.807) is 23.5 Å². The van der Waals surface area contributed by atoms with Gasteiger partial charge in [0.1, 0.15) is 6.10 Å². The average molecular weight is 321 g/mol. The number of carbonyl (C=O) groups excluding carboxylic acids is 1. The van der Waals surface area contributed by atoms with E-state index in [0.717, 1.165) is 0 Å². The van der Waals surface area contributed by atoms with E-state index in [1.165, 1.54) is 7.11 Å². The van der Waals surface area contributed by atoms with Gasteiger partial charge >= 0.3 is 0 Å². The highest BCUT2D eigenvalue weighted by molar-refractivity contribution is 5.97. The number of aromatic nitrogens is 1. The Morgan fingerprint density at radius 1 is 1.39 bits per heavy atom. The molecule has 0 radical (unpaired) electrons. The summed E-state index contributed by atoms with van der Waals surface area (Å²) < 4.78 is 12.5. The van der Waals surface area contributed by atoms with Gasteiger partial charge in [-0.3, -0.25) is 14.6 Å². The third kappa shape index (κ3) is 1.52. The van der Waals surface area contributed by atoms with Crippen LogP contribution in [0.15, 0.2) is 4.79 Å². The molecular weight excluding hydrogens is 302 g/mol. The Hall–Kier alpha value is -2.06.